The van der Waals surface area contributed by atoms with E-state index in [1.54, 1.807) is 0 Å². The SMILES string of the molecule is Cn1c(NCc2ccc(Oc3ncc(Cl)cn3)cc2)nc2ccc(CC(C)(C)C(N)=O)cc21. The summed E-state index contributed by atoms with van der Waals surface area (Å²) in [6.45, 7) is 4.31. The fraction of sp³-hybridized carbons (Fsp3) is 0.250. The molecule has 2 heterocycles. The molecule has 0 atom stereocenters. The Morgan fingerprint density at radius 1 is 1.12 bits per heavy atom. The molecule has 0 aliphatic heterocycles. The first-order valence-corrected chi connectivity index (χ1v) is 10.8. The molecule has 0 bridgehead atoms. The summed E-state index contributed by atoms with van der Waals surface area (Å²) >= 11 is 5.79. The molecule has 0 saturated carbocycles. The van der Waals surface area contributed by atoms with Crippen molar-refractivity contribution < 1.29 is 9.53 Å². The molecule has 2 aromatic carbocycles. The topological polar surface area (TPSA) is 108 Å². The van der Waals surface area contributed by atoms with Crippen molar-refractivity contribution in [2.75, 3.05) is 5.32 Å². The largest absolute Gasteiger partial charge is 0.424 e. The van der Waals surface area contributed by atoms with Gasteiger partial charge in [0.05, 0.1) is 28.4 Å². The second-order valence-corrected chi connectivity index (χ2v) is 8.96. The van der Waals surface area contributed by atoms with E-state index in [0.717, 1.165) is 28.1 Å². The van der Waals surface area contributed by atoms with E-state index in [4.69, 9.17) is 22.1 Å². The molecular formula is C24H25ClN6O2. The summed E-state index contributed by atoms with van der Waals surface area (Å²) < 4.78 is 7.63. The highest BCUT2D eigenvalue weighted by molar-refractivity contribution is 6.30. The number of hydrogen-bond acceptors (Lipinski definition) is 6. The average molecular weight is 465 g/mol. The predicted molar refractivity (Wildman–Crippen MR) is 128 cm³/mol. The van der Waals surface area contributed by atoms with E-state index in [1.807, 2.05) is 61.9 Å². The Labute approximate surface area is 196 Å². The third-order valence-electron chi connectivity index (χ3n) is 5.44. The smallest absolute Gasteiger partial charge is 0.321 e. The molecule has 0 saturated heterocycles. The highest BCUT2D eigenvalue weighted by Crippen LogP contribution is 2.26. The van der Waals surface area contributed by atoms with Gasteiger partial charge in [-0.05, 0) is 41.8 Å². The van der Waals surface area contributed by atoms with Crippen LogP contribution in [0.1, 0.15) is 25.0 Å². The zero-order valence-electron chi connectivity index (χ0n) is 18.7. The van der Waals surface area contributed by atoms with E-state index in [9.17, 15) is 4.79 Å². The highest BCUT2D eigenvalue weighted by Gasteiger charge is 2.25. The summed E-state index contributed by atoms with van der Waals surface area (Å²) in [5.41, 5.74) is 8.90. The number of aromatic nitrogens is 4. The number of rotatable bonds is 8. The van der Waals surface area contributed by atoms with Gasteiger partial charge < -0.3 is 20.4 Å². The molecule has 0 fully saturated rings. The lowest BCUT2D eigenvalue weighted by atomic mass is 9.85. The lowest BCUT2D eigenvalue weighted by Crippen LogP contribution is -2.33. The van der Waals surface area contributed by atoms with Crippen molar-refractivity contribution in [1.82, 2.24) is 19.5 Å². The minimum atomic E-state index is -0.608. The van der Waals surface area contributed by atoms with Crippen LogP contribution in [-0.2, 0) is 24.8 Å². The van der Waals surface area contributed by atoms with E-state index >= 15 is 0 Å². The molecule has 4 rings (SSSR count). The number of aryl methyl sites for hydroxylation is 1. The van der Waals surface area contributed by atoms with Gasteiger partial charge in [-0.3, -0.25) is 4.79 Å². The van der Waals surface area contributed by atoms with Gasteiger partial charge in [-0.25, -0.2) is 15.0 Å². The molecule has 4 aromatic rings. The molecule has 3 N–H and O–H groups in total. The van der Waals surface area contributed by atoms with Gasteiger partial charge in [0, 0.05) is 19.0 Å². The van der Waals surface area contributed by atoms with Gasteiger partial charge in [-0.1, -0.05) is 43.6 Å². The van der Waals surface area contributed by atoms with Gasteiger partial charge in [-0.15, -0.1) is 0 Å². The number of nitrogens with two attached hydrogens (primary N) is 1. The normalized spacial score (nSPS) is 11.5. The maximum Gasteiger partial charge on any atom is 0.321 e. The van der Waals surface area contributed by atoms with Gasteiger partial charge in [0.25, 0.3) is 0 Å². The number of nitrogens with one attached hydrogen (secondary N) is 1. The third-order valence-corrected chi connectivity index (χ3v) is 5.63. The van der Waals surface area contributed by atoms with Gasteiger partial charge in [0.15, 0.2) is 0 Å². The van der Waals surface area contributed by atoms with Crippen LogP contribution in [-0.4, -0.2) is 25.4 Å². The van der Waals surface area contributed by atoms with E-state index < -0.39 is 5.41 Å². The summed E-state index contributed by atoms with van der Waals surface area (Å²) in [5, 5.41) is 3.83. The second-order valence-electron chi connectivity index (χ2n) is 8.53. The van der Waals surface area contributed by atoms with Crippen molar-refractivity contribution in [3.8, 4) is 11.8 Å². The lowest BCUT2D eigenvalue weighted by molar-refractivity contribution is -0.125. The maximum atomic E-state index is 11.7. The number of nitrogens with zero attached hydrogens (tertiary/aromatic N) is 4. The Morgan fingerprint density at radius 3 is 2.45 bits per heavy atom. The molecule has 9 heteroatoms. The molecule has 0 aliphatic carbocycles. The summed E-state index contributed by atoms with van der Waals surface area (Å²) in [5.74, 6) is 1.08. The number of primary amides is 1. The zero-order chi connectivity index (χ0) is 23.6. The van der Waals surface area contributed by atoms with Gasteiger partial charge >= 0.3 is 6.01 Å². The van der Waals surface area contributed by atoms with Gasteiger partial charge in [-0.2, -0.15) is 0 Å². The third kappa shape index (κ3) is 5.23. The zero-order valence-corrected chi connectivity index (χ0v) is 19.4. The Balaban J connectivity index is 1.43. The molecular weight excluding hydrogens is 440 g/mol. The quantitative estimate of drug-likeness (QED) is 0.398. The van der Waals surface area contributed by atoms with Crippen LogP contribution in [0.5, 0.6) is 11.8 Å². The number of ether oxygens (including phenoxy) is 1. The van der Waals surface area contributed by atoms with Gasteiger partial charge in [0.1, 0.15) is 5.75 Å². The highest BCUT2D eigenvalue weighted by atomic mass is 35.5. The first-order chi connectivity index (χ1) is 15.7. The Morgan fingerprint density at radius 2 is 1.79 bits per heavy atom. The number of carbonyl (C=O) groups excluding carboxylic acids is 1. The molecule has 170 valence electrons. The van der Waals surface area contributed by atoms with Crippen molar-refractivity contribution in [2.24, 2.45) is 18.2 Å². The monoisotopic (exact) mass is 464 g/mol. The van der Waals surface area contributed by atoms with Crippen LogP contribution in [0.3, 0.4) is 0 Å². The predicted octanol–water partition coefficient (Wildman–Crippen LogP) is 4.48. The number of fused-ring (bicyclic) bond motifs is 1. The Kier molecular flexibility index (Phi) is 6.20. The number of halogens is 1. The van der Waals surface area contributed by atoms with Crippen molar-refractivity contribution in [3.63, 3.8) is 0 Å². The molecule has 33 heavy (non-hydrogen) atoms. The fourth-order valence-corrected chi connectivity index (χ4v) is 3.51. The molecule has 8 nitrogen and oxygen atoms in total. The number of anilines is 1. The fourth-order valence-electron chi connectivity index (χ4n) is 3.42. The number of imidazole rings is 1. The molecule has 1 amide bonds. The van der Waals surface area contributed by atoms with Gasteiger partial charge in [0.2, 0.25) is 11.9 Å². The van der Waals surface area contributed by atoms with Crippen molar-refractivity contribution >= 4 is 34.5 Å². The molecule has 0 unspecified atom stereocenters. The average Bonchev–Trinajstić information content (AvgIpc) is 3.09. The van der Waals surface area contributed by atoms with Crippen LogP contribution >= 0.6 is 11.6 Å². The van der Waals surface area contributed by atoms with Crippen LogP contribution in [0.4, 0.5) is 5.95 Å². The number of benzene rings is 2. The first kappa shape index (κ1) is 22.5. The molecule has 0 radical (unpaired) electrons. The van der Waals surface area contributed by atoms with Crippen molar-refractivity contribution in [3.05, 3.63) is 71.0 Å². The lowest BCUT2D eigenvalue weighted by Gasteiger charge is -2.20. The molecule has 2 aromatic heterocycles. The number of amides is 1. The molecule has 0 spiro atoms. The van der Waals surface area contributed by atoms with Crippen LogP contribution < -0.4 is 15.8 Å². The van der Waals surface area contributed by atoms with Crippen LogP contribution in [0.25, 0.3) is 11.0 Å². The first-order valence-electron chi connectivity index (χ1n) is 10.4. The summed E-state index contributed by atoms with van der Waals surface area (Å²) in [6, 6.07) is 13.9. The summed E-state index contributed by atoms with van der Waals surface area (Å²) in [4.78, 5) is 24.4. The van der Waals surface area contributed by atoms with E-state index in [-0.39, 0.29) is 11.9 Å². The standard InChI is InChI=1S/C24H25ClN6O2/c1-24(2,21(26)32)11-16-6-9-19-20(10-16)31(3)22(30-19)27-12-15-4-7-18(8-5-15)33-23-28-13-17(25)14-29-23/h4-10,13-14H,11-12H2,1-3H3,(H2,26,32)(H,27,30). The number of hydrogen-bond donors (Lipinski definition) is 2. The van der Waals surface area contributed by atoms with Crippen LogP contribution in [0.2, 0.25) is 5.02 Å². The number of carbonyl (C=O) groups is 1. The minimum Gasteiger partial charge on any atom is -0.424 e. The Hall–Kier alpha value is -3.65. The summed E-state index contributed by atoms with van der Waals surface area (Å²) in [6.07, 6.45) is 3.54. The van der Waals surface area contributed by atoms with E-state index in [2.05, 4.69) is 26.3 Å². The minimum absolute atomic E-state index is 0.239. The summed E-state index contributed by atoms with van der Waals surface area (Å²) in [7, 11) is 1.96. The van der Waals surface area contributed by atoms with Crippen molar-refractivity contribution in [2.45, 2.75) is 26.8 Å². The van der Waals surface area contributed by atoms with Crippen LogP contribution in [0.15, 0.2) is 54.9 Å². The van der Waals surface area contributed by atoms with Crippen LogP contribution in [0, 0.1) is 5.41 Å². The van der Waals surface area contributed by atoms with E-state index in [1.165, 1.54) is 12.4 Å². The second kappa shape index (κ2) is 9.07. The van der Waals surface area contributed by atoms with E-state index in [0.29, 0.717) is 23.7 Å². The van der Waals surface area contributed by atoms with Crippen molar-refractivity contribution in [1.29, 1.82) is 0 Å². The Bertz CT molecular complexity index is 1280. The maximum absolute atomic E-state index is 11.7. The molecule has 0 aliphatic rings.